The van der Waals surface area contributed by atoms with Crippen LogP contribution in [0.4, 0.5) is 0 Å². The zero-order valence-electron chi connectivity index (χ0n) is 8.43. The molecule has 4 nitrogen and oxygen atoms in total. The third kappa shape index (κ3) is 2.40. The second-order valence-corrected chi connectivity index (χ2v) is 3.30. The van der Waals surface area contributed by atoms with Crippen LogP contribution in [0.5, 0.6) is 11.5 Å². The van der Waals surface area contributed by atoms with E-state index in [1.807, 2.05) is 24.3 Å². The molecule has 0 spiro atoms. The number of rotatable bonds is 2. The molecule has 0 amide bonds. The SMILES string of the molecule is CC(=O)OCC1COc2ccccc2O1. The molecule has 80 valence electrons. The Morgan fingerprint density at radius 1 is 1.47 bits per heavy atom. The molecule has 1 atom stereocenters. The van der Waals surface area contributed by atoms with Crippen LogP contribution in [0, 0.1) is 0 Å². The van der Waals surface area contributed by atoms with Crippen molar-refractivity contribution in [3.63, 3.8) is 0 Å². The zero-order valence-corrected chi connectivity index (χ0v) is 8.43. The Balaban J connectivity index is 1.96. The molecule has 4 heteroatoms. The van der Waals surface area contributed by atoms with Gasteiger partial charge in [0.15, 0.2) is 17.6 Å². The quantitative estimate of drug-likeness (QED) is 0.689. The highest BCUT2D eigenvalue weighted by atomic mass is 16.6. The number of fused-ring (bicyclic) bond motifs is 1. The Morgan fingerprint density at radius 2 is 2.20 bits per heavy atom. The van der Waals surface area contributed by atoms with Gasteiger partial charge in [-0.1, -0.05) is 12.1 Å². The van der Waals surface area contributed by atoms with Gasteiger partial charge in [0.2, 0.25) is 0 Å². The predicted molar refractivity (Wildman–Crippen MR) is 53.0 cm³/mol. The van der Waals surface area contributed by atoms with Crippen LogP contribution in [0.15, 0.2) is 24.3 Å². The van der Waals surface area contributed by atoms with Crippen molar-refractivity contribution >= 4 is 5.97 Å². The molecular weight excluding hydrogens is 196 g/mol. The maximum atomic E-state index is 10.6. The molecule has 0 fully saturated rings. The fraction of sp³-hybridized carbons (Fsp3) is 0.364. The zero-order chi connectivity index (χ0) is 10.7. The number of esters is 1. The second kappa shape index (κ2) is 4.21. The molecule has 0 aromatic heterocycles. The van der Waals surface area contributed by atoms with Crippen LogP contribution in [0.1, 0.15) is 6.92 Å². The Labute approximate surface area is 87.8 Å². The summed E-state index contributed by atoms with van der Waals surface area (Å²) in [5, 5.41) is 0. The van der Waals surface area contributed by atoms with E-state index in [0.717, 1.165) is 5.75 Å². The third-order valence-electron chi connectivity index (χ3n) is 2.04. The molecule has 0 aliphatic carbocycles. The highest BCUT2D eigenvalue weighted by Gasteiger charge is 2.21. The van der Waals surface area contributed by atoms with Crippen LogP contribution in [0.25, 0.3) is 0 Å². The van der Waals surface area contributed by atoms with Crippen molar-refractivity contribution in [2.75, 3.05) is 13.2 Å². The standard InChI is InChI=1S/C11H12O4/c1-8(12)13-6-9-7-14-10-4-2-3-5-11(10)15-9/h2-5,9H,6-7H2,1H3. The van der Waals surface area contributed by atoms with E-state index in [1.54, 1.807) is 0 Å². The molecule has 1 aromatic rings. The van der Waals surface area contributed by atoms with Crippen molar-refractivity contribution in [1.82, 2.24) is 0 Å². The molecule has 0 saturated carbocycles. The van der Waals surface area contributed by atoms with E-state index < -0.39 is 0 Å². The molecule has 1 aliphatic rings. The largest absolute Gasteiger partial charge is 0.486 e. The summed E-state index contributed by atoms with van der Waals surface area (Å²) >= 11 is 0. The van der Waals surface area contributed by atoms with Gasteiger partial charge in [-0.3, -0.25) is 4.79 Å². The van der Waals surface area contributed by atoms with E-state index in [9.17, 15) is 4.79 Å². The van der Waals surface area contributed by atoms with Gasteiger partial charge in [0.25, 0.3) is 0 Å². The van der Waals surface area contributed by atoms with Gasteiger partial charge in [0.05, 0.1) is 0 Å². The number of hydrogen-bond donors (Lipinski definition) is 0. The van der Waals surface area contributed by atoms with E-state index >= 15 is 0 Å². The molecule has 15 heavy (non-hydrogen) atoms. The minimum atomic E-state index is -0.308. The van der Waals surface area contributed by atoms with E-state index in [1.165, 1.54) is 6.92 Å². The van der Waals surface area contributed by atoms with Crippen LogP contribution in [-0.2, 0) is 9.53 Å². The smallest absolute Gasteiger partial charge is 0.302 e. The maximum Gasteiger partial charge on any atom is 0.302 e. The lowest BCUT2D eigenvalue weighted by Gasteiger charge is -2.25. The minimum Gasteiger partial charge on any atom is -0.486 e. The highest BCUT2D eigenvalue weighted by Crippen LogP contribution is 2.30. The molecule has 1 aliphatic heterocycles. The Kier molecular flexibility index (Phi) is 2.76. The van der Waals surface area contributed by atoms with E-state index in [-0.39, 0.29) is 18.7 Å². The summed E-state index contributed by atoms with van der Waals surface area (Å²) in [7, 11) is 0. The van der Waals surface area contributed by atoms with Gasteiger partial charge >= 0.3 is 5.97 Å². The normalized spacial score (nSPS) is 18.3. The fourth-order valence-corrected chi connectivity index (χ4v) is 1.36. The van der Waals surface area contributed by atoms with E-state index in [2.05, 4.69) is 0 Å². The fourth-order valence-electron chi connectivity index (χ4n) is 1.36. The van der Waals surface area contributed by atoms with Crippen molar-refractivity contribution in [1.29, 1.82) is 0 Å². The van der Waals surface area contributed by atoms with Gasteiger partial charge in [0.1, 0.15) is 13.2 Å². The number of ether oxygens (including phenoxy) is 3. The molecule has 1 unspecified atom stereocenters. The molecule has 2 rings (SSSR count). The summed E-state index contributed by atoms with van der Waals surface area (Å²) < 4.78 is 15.9. The Hall–Kier alpha value is -1.71. The highest BCUT2D eigenvalue weighted by molar-refractivity contribution is 5.65. The molecule has 1 heterocycles. The number of benzene rings is 1. The second-order valence-electron chi connectivity index (χ2n) is 3.30. The van der Waals surface area contributed by atoms with Gasteiger partial charge in [-0.2, -0.15) is 0 Å². The van der Waals surface area contributed by atoms with E-state index in [4.69, 9.17) is 14.2 Å². The lowest BCUT2D eigenvalue weighted by Crippen LogP contribution is -2.33. The Bertz CT molecular complexity index is 361. The summed E-state index contributed by atoms with van der Waals surface area (Å²) in [6.45, 7) is 2.01. The Morgan fingerprint density at radius 3 is 2.93 bits per heavy atom. The lowest BCUT2D eigenvalue weighted by molar-refractivity contribution is -0.144. The van der Waals surface area contributed by atoms with Gasteiger partial charge in [-0.15, -0.1) is 0 Å². The maximum absolute atomic E-state index is 10.6. The number of para-hydroxylation sites is 2. The van der Waals surface area contributed by atoms with Crippen LogP contribution in [-0.4, -0.2) is 25.3 Å². The first kappa shape index (κ1) is 9.83. The lowest BCUT2D eigenvalue weighted by atomic mass is 10.3. The van der Waals surface area contributed by atoms with Crippen molar-refractivity contribution in [3.05, 3.63) is 24.3 Å². The summed E-state index contributed by atoms with van der Waals surface area (Å²) in [5.41, 5.74) is 0. The topological polar surface area (TPSA) is 44.8 Å². The van der Waals surface area contributed by atoms with Crippen molar-refractivity contribution in [2.45, 2.75) is 13.0 Å². The average molecular weight is 208 g/mol. The summed E-state index contributed by atoms with van der Waals surface area (Å²) in [6.07, 6.45) is -0.219. The number of carbonyl (C=O) groups is 1. The van der Waals surface area contributed by atoms with Crippen LogP contribution in [0.2, 0.25) is 0 Å². The first-order valence-electron chi connectivity index (χ1n) is 4.77. The van der Waals surface area contributed by atoms with E-state index in [0.29, 0.717) is 12.4 Å². The molecule has 0 bridgehead atoms. The van der Waals surface area contributed by atoms with Crippen molar-refractivity contribution in [3.8, 4) is 11.5 Å². The van der Waals surface area contributed by atoms with Gasteiger partial charge in [-0.25, -0.2) is 0 Å². The average Bonchev–Trinajstić information content (AvgIpc) is 2.26. The minimum absolute atomic E-state index is 0.219. The molecular formula is C11H12O4. The van der Waals surface area contributed by atoms with Crippen molar-refractivity contribution < 1.29 is 19.0 Å². The van der Waals surface area contributed by atoms with Crippen LogP contribution >= 0.6 is 0 Å². The summed E-state index contributed by atoms with van der Waals surface area (Å²) in [6, 6.07) is 7.43. The molecule has 1 aromatic carbocycles. The molecule has 0 N–H and O–H groups in total. The predicted octanol–water partition coefficient (Wildman–Crippen LogP) is 1.39. The van der Waals surface area contributed by atoms with Gasteiger partial charge in [0, 0.05) is 6.92 Å². The first-order chi connectivity index (χ1) is 7.25. The van der Waals surface area contributed by atoms with Gasteiger partial charge < -0.3 is 14.2 Å². The molecule has 0 radical (unpaired) electrons. The van der Waals surface area contributed by atoms with Crippen molar-refractivity contribution in [2.24, 2.45) is 0 Å². The number of carbonyl (C=O) groups excluding carboxylic acids is 1. The monoisotopic (exact) mass is 208 g/mol. The third-order valence-corrected chi connectivity index (χ3v) is 2.04. The van der Waals surface area contributed by atoms with Crippen LogP contribution in [0.3, 0.4) is 0 Å². The number of hydrogen-bond acceptors (Lipinski definition) is 4. The first-order valence-corrected chi connectivity index (χ1v) is 4.77. The van der Waals surface area contributed by atoms with Gasteiger partial charge in [-0.05, 0) is 12.1 Å². The summed E-state index contributed by atoms with van der Waals surface area (Å²) in [4.78, 5) is 10.6. The summed E-state index contributed by atoms with van der Waals surface area (Å²) in [5.74, 6) is 1.12. The molecule has 0 saturated heterocycles. The van der Waals surface area contributed by atoms with Crippen LogP contribution < -0.4 is 9.47 Å².